The maximum absolute atomic E-state index is 5.33. The molecule has 0 aromatic heterocycles. The topological polar surface area (TPSA) is 24.5 Å². The van der Waals surface area contributed by atoms with Gasteiger partial charge in [0.15, 0.2) is 0 Å². The summed E-state index contributed by atoms with van der Waals surface area (Å²) in [5.74, 6) is 0.808. The van der Waals surface area contributed by atoms with Crippen LogP contribution < -0.4 is 5.32 Å². The lowest BCUT2D eigenvalue weighted by molar-refractivity contribution is 0.0132. The van der Waals surface area contributed by atoms with Gasteiger partial charge in [-0.25, -0.2) is 0 Å². The first-order valence-corrected chi connectivity index (χ1v) is 4.90. The monoisotopic (exact) mass is 170 g/mol. The zero-order chi connectivity index (χ0) is 8.39. The second-order valence-electron chi connectivity index (χ2n) is 3.85. The Morgan fingerprint density at radius 3 is 2.58 bits per heavy atom. The van der Waals surface area contributed by atoms with Crippen LogP contribution in [0.3, 0.4) is 0 Å². The Kier molecular flexibility index (Phi) is 2.63. The third-order valence-electron chi connectivity index (χ3n) is 2.99. The summed E-state index contributed by atoms with van der Waals surface area (Å²) in [4.78, 5) is 2.56. The molecule has 2 rings (SSSR count). The van der Waals surface area contributed by atoms with Gasteiger partial charge in [0.05, 0.1) is 13.2 Å². The normalized spacial score (nSPS) is 38.8. The first-order valence-electron chi connectivity index (χ1n) is 4.90. The third-order valence-corrected chi connectivity index (χ3v) is 2.99. The van der Waals surface area contributed by atoms with Crippen molar-refractivity contribution in [2.75, 3.05) is 39.4 Å². The maximum Gasteiger partial charge on any atom is 0.0594 e. The van der Waals surface area contributed by atoms with E-state index < -0.39 is 0 Å². The van der Waals surface area contributed by atoms with Crippen LogP contribution in [-0.2, 0) is 4.74 Å². The molecule has 0 saturated carbocycles. The molecule has 0 radical (unpaired) electrons. The van der Waals surface area contributed by atoms with E-state index in [1.54, 1.807) is 0 Å². The van der Waals surface area contributed by atoms with Crippen molar-refractivity contribution in [1.82, 2.24) is 10.2 Å². The first kappa shape index (κ1) is 8.48. The van der Waals surface area contributed by atoms with Crippen LogP contribution in [-0.4, -0.2) is 50.3 Å². The third kappa shape index (κ3) is 1.63. The molecule has 0 aromatic rings. The molecule has 12 heavy (non-hydrogen) atoms. The maximum atomic E-state index is 5.33. The smallest absolute Gasteiger partial charge is 0.0594 e. The number of rotatable bonds is 1. The van der Waals surface area contributed by atoms with Crippen molar-refractivity contribution >= 4 is 0 Å². The summed E-state index contributed by atoms with van der Waals surface area (Å²) in [7, 11) is 0. The fourth-order valence-electron chi connectivity index (χ4n) is 2.19. The minimum absolute atomic E-state index is 0.758. The Labute approximate surface area is 74.1 Å². The largest absolute Gasteiger partial charge is 0.379 e. The molecule has 0 spiro atoms. The molecule has 3 heteroatoms. The molecular weight excluding hydrogens is 152 g/mol. The van der Waals surface area contributed by atoms with Crippen molar-refractivity contribution in [3.05, 3.63) is 0 Å². The molecule has 2 atom stereocenters. The summed E-state index contributed by atoms with van der Waals surface area (Å²) in [5.41, 5.74) is 0. The van der Waals surface area contributed by atoms with E-state index >= 15 is 0 Å². The summed E-state index contributed by atoms with van der Waals surface area (Å²) >= 11 is 0. The van der Waals surface area contributed by atoms with Crippen LogP contribution in [0.1, 0.15) is 6.92 Å². The SMILES string of the molecule is C[C@@H]1CNC[C@@H]1N1CCOCC1. The van der Waals surface area contributed by atoms with E-state index in [1.165, 1.54) is 13.1 Å². The van der Waals surface area contributed by atoms with Gasteiger partial charge in [-0.3, -0.25) is 4.90 Å². The van der Waals surface area contributed by atoms with Gasteiger partial charge in [0.2, 0.25) is 0 Å². The standard InChI is InChI=1S/C9H18N2O/c1-8-6-10-7-9(8)11-2-4-12-5-3-11/h8-10H,2-7H2,1H3/t8-,9+/m1/s1. The zero-order valence-corrected chi connectivity index (χ0v) is 7.75. The lowest BCUT2D eigenvalue weighted by Crippen LogP contribution is -2.46. The lowest BCUT2D eigenvalue weighted by Gasteiger charge is -2.33. The molecule has 2 saturated heterocycles. The summed E-state index contributed by atoms with van der Waals surface area (Å²) in [6.45, 7) is 8.77. The summed E-state index contributed by atoms with van der Waals surface area (Å²) < 4.78 is 5.33. The van der Waals surface area contributed by atoms with Crippen LogP contribution in [0.5, 0.6) is 0 Å². The fourth-order valence-corrected chi connectivity index (χ4v) is 2.19. The van der Waals surface area contributed by atoms with Gasteiger partial charge in [-0.2, -0.15) is 0 Å². The van der Waals surface area contributed by atoms with E-state index in [0.29, 0.717) is 0 Å². The number of morpholine rings is 1. The minimum atomic E-state index is 0.758. The molecule has 70 valence electrons. The van der Waals surface area contributed by atoms with Gasteiger partial charge in [-0.1, -0.05) is 6.92 Å². The quantitative estimate of drug-likeness (QED) is 0.596. The lowest BCUT2D eigenvalue weighted by atomic mass is 10.0. The van der Waals surface area contributed by atoms with Crippen LogP contribution >= 0.6 is 0 Å². The molecule has 0 unspecified atom stereocenters. The molecule has 0 aromatic carbocycles. The molecular formula is C9H18N2O. The fraction of sp³-hybridized carbons (Fsp3) is 1.00. The number of ether oxygens (including phenoxy) is 1. The van der Waals surface area contributed by atoms with Crippen LogP contribution in [0.15, 0.2) is 0 Å². The van der Waals surface area contributed by atoms with Gasteiger partial charge >= 0.3 is 0 Å². The van der Waals surface area contributed by atoms with E-state index in [0.717, 1.165) is 38.3 Å². The highest BCUT2D eigenvalue weighted by molar-refractivity contribution is 4.86. The average Bonchev–Trinajstić information content (AvgIpc) is 2.53. The van der Waals surface area contributed by atoms with Crippen molar-refractivity contribution in [2.45, 2.75) is 13.0 Å². The minimum Gasteiger partial charge on any atom is -0.379 e. The number of nitrogens with zero attached hydrogens (tertiary/aromatic N) is 1. The molecule has 2 fully saturated rings. The summed E-state index contributed by atoms with van der Waals surface area (Å²) in [6, 6.07) is 0.758. The predicted molar refractivity (Wildman–Crippen MR) is 48.2 cm³/mol. The predicted octanol–water partition coefficient (Wildman–Crippen LogP) is -0.0735. The molecule has 0 amide bonds. The van der Waals surface area contributed by atoms with Gasteiger partial charge < -0.3 is 10.1 Å². The molecule has 0 aliphatic carbocycles. The van der Waals surface area contributed by atoms with Crippen LogP contribution in [0.4, 0.5) is 0 Å². The highest BCUT2D eigenvalue weighted by atomic mass is 16.5. The van der Waals surface area contributed by atoms with Crippen LogP contribution in [0.25, 0.3) is 0 Å². The van der Waals surface area contributed by atoms with E-state index in [-0.39, 0.29) is 0 Å². The van der Waals surface area contributed by atoms with Gasteiger partial charge in [0.25, 0.3) is 0 Å². The van der Waals surface area contributed by atoms with Gasteiger partial charge in [0, 0.05) is 25.7 Å². The van der Waals surface area contributed by atoms with Crippen molar-refractivity contribution in [3.8, 4) is 0 Å². The Balaban J connectivity index is 1.89. The number of hydrogen-bond acceptors (Lipinski definition) is 3. The van der Waals surface area contributed by atoms with E-state index in [1.807, 2.05) is 0 Å². The van der Waals surface area contributed by atoms with Gasteiger partial charge in [-0.05, 0) is 12.5 Å². The zero-order valence-electron chi connectivity index (χ0n) is 7.75. The van der Waals surface area contributed by atoms with Crippen LogP contribution in [0.2, 0.25) is 0 Å². The Hall–Kier alpha value is -0.120. The number of nitrogens with one attached hydrogen (secondary N) is 1. The van der Waals surface area contributed by atoms with Gasteiger partial charge in [-0.15, -0.1) is 0 Å². The van der Waals surface area contributed by atoms with Crippen molar-refractivity contribution in [2.24, 2.45) is 5.92 Å². The summed E-state index contributed by atoms with van der Waals surface area (Å²) in [5, 5.41) is 3.44. The molecule has 3 nitrogen and oxygen atoms in total. The molecule has 0 bridgehead atoms. The van der Waals surface area contributed by atoms with E-state index in [4.69, 9.17) is 4.74 Å². The second kappa shape index (κ2) is 3.73. The average molecular weight is 170 g/mol. The number of hydrogen-bond donors (Lipinski definition) is 1. The van der Waals surface area contributed by atoms with Crippen LogP contribution in [0, 0.1) is 5.92 Å². The molecule has 1 N–H and O–H groups in total. The van der Waals surface area contributed by atoms with Crippen molar-refractivity contribution < 1.29 is 4.74 Å². The molecule has 2 heterocycles. The van der Waals surface area contributed by atoms with Crippen molar-refractivity contribution in [3.63, 3.8) is 0 Å². The Morgan fingerprint density at radius 1 is 1.25 bits per heavy atom. The first-order chi connectivity index (χ1) is 5.88. The Bertz CT molecular complexity index is 145. The van der Waals surface area contributed by atoms with E-state index in [9.17, 15) is 0 Å². The Morgan fingerprint density at radius 2 is 2.00 bits per heavy atom. The second-order valence-corrected chi connectivity index (χ2v) is 3.85. The highest BCUT2D eigenvalue weighted by Gasteiger charge is 2.29. The van der Waals surface area contributed by atoms with Crippen molar-refractivity contribution in [1.29, 1.82) is 0 Å². The highest BCUT2D eigenvalue weighted by Crippen LogP contribution is 2.16. The van der Waals surface area contributed by atoms with E-state index in [2.05, 4.69) is 17.1 Å². The molecule has 2 aliphatic heterocycles. The van der Waals surface area contributed by atoms with Gasteiger partial charge in [0.1, 0.15) is 0 Å². The molecule has 2 aliphatic rings. The summed E-state index contributed by atoms with van der Waals surface area (Å²) in [6.07, 6.45) is 0.